The number of imidazole rings is 1. The Morgan fingerprint density at radius 3 is 2.93 bits per heavy atom. The molecule has 0 aliphatic heterocycles. The van der Waals surface area contributed by atoms with Crippen molar-refractivity contribution in [3.05, 3.63) is 18.2 Å². The summed E-state index contributed by atoms with van der Waals surface area (Å²) in [6.45, 7) is 5.50. The molecule has 1 rings (SSSR count). The number of alkyl halides is 1. The van der Waals surface area contributed by atoms with Crippen LogP contribution in [-0.2, 0) is 13.0 Å². The molecule has 0 spiro atoms. The maximum atomic E-state index is 4.38. The quantitative estimate of drug-likeness (QED) is 0.716. The molecule has 0 saturated heterocycles. The third-order valence-electron chi connectivity index (χ3n) is 2.39. The Balaban J connectivity index is 2.45. The highest BCUT2D eigenvalue weighted by molar-refractivity contribution is 9.09. The molecular weight excluding hydrogens is 240 g/mol. The molecule has 0 radical (unpaired) electrons. The molecule has 14 heavy (non-hydrogen) atoms. The van der Waals surface area contributed by atoms with Gasteiger partial charge in [-0.2, -0.15) is 0 Å². The van der Waals surface area contributed by atoms with Gasteiger partial charge in [-0.15, -0.1) is 0 Å². The summed E-state index contributed by atoms with van der Waals surface area (Å²) in [4.78, 5) is 5.02. The predicted molar refractivity (Wildman–Crippen MR) is 63.8 cm³/mol. The van der Waals surface area contributed by atoms with Gasteiger partial charge in [-0.3, -0.25) is 0 Å². The zero-order chi connectivity index (χ0) is 10.4. The van der Waals surface area contributed by atoms with Crippen molar-refractivity contribution in [2.75, 3.05) is 0 Å². The second kappa shape index (κ2) is 6.23. The van der Waals surface area contributed by atoms with Crippen molar-refractivity contribution in [1.82, 2.24) is 9.55 Å². The van der Waals surface area contributed by atoms with E-state index in [0.717, 1.165) is 13.0 Å². The standard InChI is InChI=1S/C11H19BrN2/c1-3-8-14-9-7-13-11(14)6-5-10(12)4-2/h7,9-10H,3-6,8H2,1-2H3. The molecule has 0 aliphatic carbocycles. The molecule has 80 valence electrons. The number of hydrogen-bond acceptors (Lipinski definition) is 1. The van der Waals surface area contributed by atoms with Gasteiger partial charge in [0.25, 0.3) is 0 Å². The summed E-state index contributed by atoms with van der Waals surface area (Å²) in [6, 6.07) is 0. The molecule has 0 amide bonds. The molecule has 3 heteroatoms. The topological polar surface area (TPSA) is 17.8 Å². The first-order valence-corrected chi connectivity index (χ1v) is 6.33. The fourth-order valence-corrected chi connectivity index (χ4v) is 1.73. The minimum atomic E-state index is 0.634. The number of aryl methyl sites for hydroxylation is 2. The molecule has 1 heterocycles. The third-order valence-corrected chi connectivity index (χ3v) is 3.50. The van der Waals surface area contributed by atoms with Crippen molar-refractivity contribution in [1.29, 1.82) is 0 Å². The maximum Gasteiger partial charge on any atom is 0.108 e. The Kier molecular flexibility index (Phi) is 5.23. The first-order valence-electron chi connectivity index (χ1n) is 5.42. The number of nitrogens with zero attached hydrogens (tertiary/aromatic N) is 2. The van der Waals surface area contributed by atoms with Crippen LogP contribution in [0.2, 0.25) is 0 Å². The van der Waals surface area contributed by atoms with Crippen LogP contribution in [0.3, 0.4) is 0 Å². The lowest BCUT2D eigenvalue weighted by atomic mass is 10.2. The van der Waals surface area contributed by atoms with Crippen LogP contribution in [0.4, 0.5) is 0 Å². The lowest BCUT2D eigenvalue weighted by Gasteiger charge is -2.08. The second-order valence-electron chi connectivity index (χ2n) is 3.58. The zero-order valence-electron chi connectivity index (χ0n) is 9.04. The predicted octanol–water partition coefficient (Wildman–Crippen LogP) is 3.40. The van der Waals surface area contributed by atoms with E-state index < -0.39 is 0 Å². The van der Waals surface area contributed by atoms with Gasteiger partial charge in [0.1, 0.15) is 5.82 Å². The van der Waals surface area contributed by atoms with Crippen LogP contribution in [-0.4, -0.2) is 14.4 Å². The Bertz CT molecular complexity index is 258. The van der Waals surface area contributed by atoms with Crippen LogP contribution in [0.1, 0.15) is 38.9 Å². The normalized spacial score (nSPS) is 13.1. The minimum Gasteiger partial charge on any atom is -0.335 e. The van der Waals surface area contributed by atoms with Gasteiger partial charge in [0, 0.05) is 30.2 Å². The largest absolute Gasteiger partial charge is 0.335 e. The Labute approximate surface area is 94.9 Å². The SMILES string of the molecule is CCCn1ccnc1CCC(Br)CC. The molecule has 0 aromatic carbocycles. The van der Waals surface area contributed by atoms with Gasteiger partial charge in [0.05, 0.1) is 0 Å². The molecule has 0 saturated carbocycles. The van der Waals surface area contributed by atoms with Crippen LogP contribution >= 0.6 is 15.9 Å². The van der Waals surface area contributed by atoms with Crippen LogP contribution < -0.4 is 0 Å². The highest BCUT2D eigenvalue weighted by Gasteiger charge is 2.05. The van der Waals surface area contributed by atoms with Crippen LogP contribution in [0.15, 0.2) is 12.4 Å². The molecule has 1 unspecified atom stereocenters. The average molecular weight is 259 g/mol. The molecule has 1 aromatic heterocycles. The van der Waals surface area contributed by atoms with Crippen molar-refractivity contribution >= 4 is 15.9 Å². The van der Waals surface area contributed by atoms with Crippen molar-refractivity contribution in [3.63, 3.8) is 0 Å². The fraction of sp³-hybridized carbons (Fsp3) is 0.727. The highest BCUT2D eigenvalue weighted by atomic mass is 79.9. The number of halogens is 1. The van der Waals surface area contributed by atoms with E-state index in [0.29, 0.717) is 4.83 Å². The van der Waals surface area contributed by atoms with Gasteiger partial charge < -0.3 is 4.57 Å². The summed E-state index contributed by atoms with van der Waals surface area (Å²) in [5.74, 6) is 1.23. The van der Waals surface area contributed by atoms with E-state index in [1.165, 1.54) is 25.1 Å². The summed E-state index contributed by atoms with van der Waals surface area (Å²) in [5.41, 5.74) is 0. The van der Waals surface area contributed by atoms with E-state index in [4.69, 9.17) is 0 Å². The van der Waals surface area contributed by atoms with Crippen LogP contribution in [0.25, 0.3) is 0 Å². The Morgan fingerprint density at radius 2 is 2.29 bits per heavy atom. The van der Waals surface area contributed by atoms with Crippen molar-refractivity contribution in [2.45, 2.75) is 50.9 Å². The molecule has 1 aromatic rings. The number of rotatable bonds is 6. The van der Waals surface area contributed by atoms with Crippen molar-refractivity contribution < 1.29 is 0 Å². The van der Waals surface area contributed by atoms with Gasteiger partial charge >= 0.3 is 0 Å². The lowest BCUT2D eigenvalue weighted by Crippen LogP contribution is -2.05. The van der Waals surface area contributed by atoms with E-state index in [2.05, 4.69) is 45.5 Å². The molecular formula is C11H19BrN2. The number of hydrogen-bond donors (Lipinski definition) is 0. The van der Waals surface area contributed by atoms with Gasteiger partial charge in [0.15, 0.2) is 0 Å². The summed E-state index contributed by atoms with van der Waals surface area (Å²) in [5, 5.41) is 0. The molecule has 1 atom stereocenters. The monoisotopic (exact) mass is 258 g/mol. The fourth-order valence-electron chi connectivity index (χ4n) is 1.50. The molecule has 0 fully saturated rings. The van der Waals surface area contributed by atoms with Gasteiger partial charge in [-0.1, -0.05) is 29.8 Å². The zero-order valence-corrected chi connectivity index (χ0v) is 10.6. The maximum absolute atomic E-state index is 4.38. The first-order chi connectivity index (χ1) is 6.77. The van der Waals surface area contributed by atoms with Crippen molar-refractivity contribution in [3.8, 4) is 0 Å². The van der Waals surface area contributed by atoms with Gasteiger partial charge in [-0.25, -0.2) is 4.98 Å². The third kappa shape index (κ3) is 3.45. The summed E-state index contributed by atoms with van der Waals surface area (Å²) in [6.07, 6.45) is 8.60. The highest BCUT2D eigenvalue weighted by Crippen LogP contribution is 2.13. The minimum absolute atomic E-state index is 0.634. The first kappa shape index (κ1) is 11.8. The van der Waals surface area contributed by atoms with E-state index in [9.17, 15) is 0 Å². The Morgan fingerprint density at radius 1 is 1.50 bits per heavy atom. The van der Waals surface area contributed by atoms with Crippen LogP contribution in [0, 0.1) is 0 Å². The number of aromatic nitrogens is 2. The van der Waals surface area contributed by atoms with E-state index in [-0.39, 0.29) is 0 Å². The lowest BCUT2D eigenvalue weighted by molar-refractivity contribution is 0.615. The van der Waals surface area contributed by atoms with E-state index in [1.54, 1.807) is 0 Å². The molecule has 0 bridgehead atoms. The second-order valence-corrected chi connectivity index (χ2v) is 4.88. The smallest absolute Gasteiger partial charge is 0.108 e. The van der Waals surface area contributed by atoms with Gasteiger partial charge in [0.2, 0.25) is 0 Å². The molecule has 2 nitrogen and oxygen atoms in total. The van der Waals surface area contributed by atoms with Gasteiger partial charge in [-0.05, 0) is 19.3 Å². The van der Waals surface area contributed by atoms with Crippen molar-refractivity contribution in [2.24, 2.45) is 0 Å². The summed E-state index contributed by atoms with van der Waals surface area (Å²) < 4.78 is 2.26. The van der Waals surface area contributed by atoms with E-state index >= 15 is 0 Å². The molecule has 0 N–H and O–H groups in total. The average Bonchev–Trinajstić information content (AvgIpc) is 2.62. The summed E-state index contributed by atoms with van der Waals surface area (Å²) in [7, 11) is 0. The molecule has 0 aliphatic rings. The van der Waals surface area contributed by atoms with Crippen LogP contribution in [0.5, 0.6) is 0 Å². The summed E-state index contributed by atoms with van der Waals surface area (Å²) >= 11 is 3.65. The van der Waals surface area contributed by atoms with E-state index in [1.807, 2.05) is 6.20 Å². The Hall–Kier alpha value is -0.310.